The fourth-order valence-corrected chi connectivity index (χ4v) is 2.61. The molecule has 2 N–H and O–H groups in total. The van der Waals surface area contributed by atoms with Crippen LogP contribution in [0.5, 0.6) is 0 Å². The van der Waals surface area contributed by atoms with Crippen molar-refractivity contribution in [1.82, 2.24) is 20.3 Å². The largest absolute Gasteiger partial charge is 0.383 e. The number of anilines is 1. The van der Waals surface area contributed by atoms with Gasteiger partial charge < -0.3 is 15.4 Å². The van der Waals surface area contributed by atoms with Gasteiger partial charge in [-0.2, -0.15) is 0 Å². The SMILES string of the molecule is COC[C@@H](C)Nc1nc(-c2ccccn2)nc2c1CCNC2. The maximum absolute atomic E-state index is 5.20. The van der Waals surface area contributed by atoms with Crippen molar-refractivity contribution in [3.8, 4) is 11.5 Å². The van der Waals surface area contributed by atoms with Crippen LogP contribution in [0.1, 0.15) is 18.2 Å². The monoisotopic (exact) mass is 299 g/mol. The second-order valence-corrected chi connectivity index (χ2v) is 5.46. The highest BCUT2D eigenvalue weighted by molar-refractivity contribution is 5.57. The number of ether oxygens (including phenoxy) is 1. The van der Waals surface area contributed by atoms with E-state index in [9.17, 15) is 0 Å². The third-order valence-electron chi connectivity index (χ3n) is 3.63. The molecule has 1 atom stereocenters. The van der Waals surface area contributed by atoms with Crippen LogP contribution in [-0.2, 0) is 17.7 Å². The van der Waals surface area contributed by atoms with E-state index in [0.717, 1.165) is 36.7 Å². The smallest absolute Gasteiger partial charge is 0.180 e. The number of nitrogens with zero attached hydrogens (tertiary/aromatic N) is 3. The molecule has 0 saturated carbocycles. The molecule has 22 heavy (non-hydrogen) atoms. The number of aromatic nitrogens is 3. The van der Waals surface area contributed by atoms with Crippen LogP contribution in [0, 0.1) is 0 Å². The highest BCUT2D eigenvalue weighted by Crippen LogP contribution is 2.24. The number of hydrogen-bond donors (Lipinski definition) is 2. The molecule has 0 amide bonds. The molecular formula is C16H21N5O. The lowest BCUT2D eigenvalue weighted by molar-refractivity contribution is 0.190. The summed E-state index contributed by atoms with van der Waals surface area (Å²) in [6.07, 6.45) is 2.69. The number of rotatable bonds is 5. The molecule has 0 fully saturated rings. The lowest BCUT2D eigenvalue weighted by Gasteiger charge is -2.22. The lowest BCUT2D eigenvalue weighted by atomic mass is 10.1. The van der Waals surface area contributed by atoms with Crippen molar-refractivity contribution in [3.63, 3.8) is 0 Å². The van der Waals surface area contributed by atoms with Gasteiger partial charge in [0.1, 0.15) is 11.5 Å². The van der Waals surface area contributed by atoms with Crippen molar-refractivity contribution < 1.29 is 4.74 Å². The van der Waals surface area contributed by atoms with Gasteiger partial charge in [0, 0.05) is 31.5 Å². The maximum Gasteiger partial charge on any atom is 0.180 e. The molecule has 0 bridgehead atoms. The van der Waals surface area contributed by atoms with Crippen molar-refractivity contribution in [2.75, 3.05) is 25.6 Å². The Morgan fingerprint density at radius 1 is 1.36 bits per heavy atom. The molecule has 0 unspecified atom stereocenters. The summed E-state index contributed by atoms with van der Waals surface area (Å²) in [5.41, 5.74) is 3.04. The summed E-state index contributed by atoms with van der Waals surface area (Å²) in [5.74, 6) is 1.56. The zero-order valence-corrected chi connectivity index (χ0v) is 13.0. The van der Waals surface area contributed by atoms with Crippen LogP contribution in [0.15, 0.2) is 24.4 Å². The predicted octanol–water partition coefficient (Wildman–Crippen LogP) is 1.63. The number of pyridine rings is 1. The Bertz CT molecular complexity index is 632. The van der Waals surface area contributed by atoms with E-state index >= 15 is 0 Å². The van der Waals surface area contributed by atoms with E-state index < -0.39 is 0 Å². The van der Waals surface area contributed by atoms with Gasteiger partial charge in [0.25, 0.3) is 0 Å². The lowest BCUT2D eigenvalue weighted by Crippen LogP contribution is -2.29. The summed E-state index contributed by atoms with van der Waals surface area (Å²) in [6.45, 7) is 4.44. The number of methoxy groups -OCH3 is 1. The van der Waals surface area contributed by atoms with Gasteiger partial charge in [-0.3, -0.25) is 4.98 Å². The van der Waals surface area contributed by atoms with Gasteiger partial charge in [0.05, 0.1) is 12.3 Å². The van der Waals surface area contributed by atoms with Crippen molar-refractivity contribution in [2.24, 2.45) is 0 Å². The molecule has 0 radical (unpaired) electrons. The Kier molecular flexibility index (Phi) is 4.60. The predicted molar refractivity (Wildman–Crippen MR) is 85.6 cm³/mol. The molecule has 0 saturated heterocycles. The number of nitrogens with one attached hydrogen (secondary N) is 2. The van der Waals surface area contributed by atoms with Crippen molar-refractivity contribution in [3.05, 3.63) is 35.7 Å². The molecule has 6 nitrogen and oxygen atoms in total. The average Bonchev–Trinajstić information content (AvgIpc) is 2.56. The van der Waals surface area contributed by atoms with Gasteiger partial charge in [0.2, 0.25) is 0 Å². The molecular weight excluding hydrogens is 278 g/mol. The Labute approximate surface area is 130 Å². The molecule has 0 aromatic carbocycles. The van der Waals surface area contributed by atoms with Gasteiger partial charge in [-0.05, 0) is 32.0 Å². The van der Waals surface area contributed by atoms with Crippen LogP contribution in [0.2, 0.25) is 0 Å². The molecule has 0 spiro atoms. The van der Waals surface area contributed by atoms with Crippen LogP contribution < -0.4 is 10.6 Å². The number of hydrogen-bond acceptors (Lipinski definition) is 6. The van der Waals surface area contributed by atoms with E-state index in [1.54, 1.807) is 13.3 Å². The molecule has 116 valence electrons. The second-order valence-electron chi connectivity index (χ2n) is 5.46. The van der Waals surface area contributed by atoms with Crippen LogP contribution in [-0.4, -0.2) is 41.3 Å². The zero-order chi connectivity index (χ0) is 15.4. The second kappa shape index (κ2) is 6.81. The minimum atomic E-state index is 0.190. The van der Waals surface area contributed by atoms with Gasteiger partial charge in [-0.15, -0.1) is 0 Å². The average molecular weight is 299 g/mol. The zero-order valence-electron chi connectivity index (χ0n) is 13.0. The van der Waals surface area contributed by atoms with Gasteiger partial charge in [0.15, 0.2) is 5.82 Å². The van der Waals surface area contributed by atoms with Crippen molar-refractivity contribution in [2.45, 2.75) is 25.9 Å². The van der Waals surface area contributed by atoms with Crippen molar-refractivity contribution in [1.29, 1.82) is 0 Å². The maximum atomic E-state index is 5.20. The third kappa shape index (κ3) is 3.23. The summed E-state index contributed by atoms with van der Waals surface area (Å²) < 4.78 is 5.20. The topological polar surface area (TPSA) is 72.0 Å². The normalized spacial score (nSPS) is 15.2. The highest BCUT2D eigenvalue weighted by Gasteiger charge is 2.19. The molecule has 2 aromatic heterocycles. The Morgan fingerprint density at radius 3 is 3.05 bits per heavy atom. The summed E-state index contributed by atoms with van der Waals surface area (Å²) in [4.78, 5) is 13.8. The molecule has 3 heterocycles. The first-order valence-corrected chi connectivity index (χ1v) is 7.55. The molecule has 0 aliphatic carbocycles. The van der Waals surface area contributed by atoms with Crippen LogP contribution in [0.4, 0.5) is 5.82 Å². The minimum absolute atomic E-state index is 0.190. The Hall–Kier alpha value is -2.05. The van der Waals surface area contributed by atoms with Crippen LogP contribution in [0.3, 0.4) is 0 Å². The summed E-state index contributed by atoms with van der Waals surface area (Å²) in [7, 11) is 1.71. The van der Waals surface area contributed by atoms with E-state index in [2.05, 4.69) is 22.5 Å². The van der Waals surface area contributed by atoms with Gasteiger partial charge in [-0.25, -0.2) is 9.97 Å². The van der Waals surface area contributed by atoms with Crippen molar-refractivity contribution >= 4 is 5.82 Å². The molecule has 6 heteroatoms. The first kappa shape index (κ1) is 14.9. The highest BCUT2D eigenvalue weighted by atomic mass is 16.5. The fourth-order valence-electron chi connectivity index (χ4n) is 2.61. The van der Waals surface area contributed by atoms with E-state index in [1.807, 2.05) is 18.2 Å². The van der Waals surface area contributed by atoms with E-state index in [-0.39, 0.29) is 6.04 Å². The Balaban J connectivity index is 1.99. The molecule has 2 aromatic rings. The third-order valence-corrected chi connectivity index (χ3v) is 3.63. The number of fused-ring (bicyclic) bond motifs is 1. The van der Waals surface area contributed by atoms with Gasteiger partial charge in [-0.1, -0.05) is 6.07 Å². The Morgan fingerprint density at radius 2 is 2.27 bits per heavy atom. The van der Waals surface area contributed by atoms with Crippen LogP contribution in [0.25, 0.3) is 11.5 Å². The van der Waals surface area contributed by atoms with E-state index in [1.165, 1.54) is 5.56 Å². The summed E-state index contributed by atoms with van der Waals surface area (Å²) >= 11 is 0. The molecule has 1 aliphatic rings. The molecule has 1 aliphatic heterocycles. The first-order valence-electron chi connectivity index (χ1n) is 7.55. The summed E-state index contributed by atoms with van der Waals surface area (Å²) in [5, 5.41) is 6.81. The minimum Gasteiger partial charge on any atom is -0.383 e. The van der Waals surface area contributed by atoms with Crippen LogP contribution >= 0.6 is 0 Å². The first-order chi connectivity index (χ1) is 10.8. The fraction of sp³-hybridized carbons (Fsp3) is 0.438. The quantitative estimate of drug-likeness (QED) is 0.874. The van der Waals surface area contributed by atoms with Gasteiger partial charge >= 0.3 is 0 Å². The van der Waals surface area contributed by atoms with E-state index in [0.29, 0.717) is 12.4 Å². The summed E-state index contributed by atoms with van der Waals surface area (Å²) in [6, 6.07) is 5.96. The van der Waals surface area contributed by atoms with E-state index in [4.69, 9.17) is 14.7 Å². The standard InChI is InChI=1S/C16H21N5O/c1-11(10-22-2)19-15-12-6-8-17-9-14(12)20-16(21-15)13-5-3-4-7-18-13/h3-5,7,11,17H,6,8-10H2,1-2H3,(H,19,20,21)/t11-/m1/s1. The molecule has 3 rings (SSSR count).